The van der Waals surface area contributed by atoms with E-state index >= 15 is 0 Å². The van der Waals surface area contributed by atoms with Crippen LogP contribution in [-0.4, -0.2) is 5.78 Å². The Balaban J connectivity index is 4.22. The van der Waals surface area contributed by atoms with Gasteiger partial charge in [0.2, 0.25) is 0 Å². The quantitative estimate of drug-likeness (QED) is 0.563. The van der Waals surface area contributed by atoms with E-state index in [0.717, 1.165) is 5.57 Å². The zero-order valence-electron chi connectivity index (χ0n) is 7.13. The smallest absolute Gasteiger partial charge is 0.134 e. The van der Waals surface area contributed by atoms with Gasteiger partial charge >= 0.3 is 0 Å². The molecule has 11 heavy (non-hydrogen) atoms. The number of carbonyl (C=O) groups excluding carboxylic acids is 1. The number of Topliss-reactive ketones (excluding diaryl/α,β-unsaturated/α-hetero) is 1. The van der Waals surface area contributed by atoms with E-state index in [1.807, 2.05) is 25.2 Å². The molecule has 0 aromatic heterocycles. The number of carbonyl (C=O) groups is 1. The van der Waals surface area contributed by atoms with Crippen molar-refractivity contribution in [2.24, 2.45) is 0 Å². The molecule has 0 fully saturated rings. The maximum atomic E-state index is 10.7. The lowest BCUT2D eigenvalue weighted by Gasteiger charge is -1.94. The molecule has 0 saturated heterocycles. The van der Waals surface area contributed by atoms with E-state index in [4.69, 9.17) is 0 Å². The maximum Gasteiger partial charge on any atom is 0.134 e. The van der Waals surface area contributed by atoms with E-state index in [9.17, 15) is 4.79 Å². The van der Waals surface area contributed by atoms with Gasteiger partial charge in [0.05, 0.1) is 0 Å². The fourth-order valence-corrected chi connectivity index (χ4v) is 0.826. The predicted octanol–water partition coefficient (Wildman–Crippen LogP) is 2.65. The van der Waals surface area contributed by atoms with Crippen LogP contribution in [0.1, 0.15) is 20.3 Å². The van der Waals surface area contributed by atoms with Crippen LogP contribution in [0, 0.1) is 0 Å². The molecule has 0 bridgehead atoms. The molecule has 0 N–H and O–H groups in total. The second kappa shape index (κ2) is 5.66. The highest BCUT2D eigenvalue weighted by Gasteiger charge is 1.94. The molecule has 0 aliphatic carbocycles. The summed E-state index contributed by atoms with van der Waals surface area (Å²) < 4.78 is 0. The first-order valence-electron chi connectivity index (χ1n) is 3.64. The summed E-state index contributed by atoms with van der Waals surface area (Å²) in [6, 6.07) is 0. The second-order valence-corrected chi connectivity index (χ2v) is 2.36. The third-order valence-corrected chi connectivity index (χ3v) is 1.17. The van der Waals surface area contributed by atoms with Crippen molar-refractivity contribution in [2.45, 2.75) is 20.3 Å². The third-order valence-electron chi connectivity index (χ3n) is 1.17. The van der Waals surface area contributed by atoms with Crippen LogP contribution in [-0.2, 0) is 4.79 Å². The van der Waals surface area contributed by atoms with Gasteiger partial charge in [0.1, 0.15) is 5.78 Å². The van der Waals surface area contributed by atoms with Crippen LogP contribution in [0.15, 0.2) is 36.5 Å². The van der Waals surface area contributed by atoms with Crippen molar-refractivity contribution in [1.29, 1.82) is 0 Å². The monoisotopic (exact) mass is 150 g/mol. The highest BCUT2D eigenvalue weighted by Crippen LogP contribution is 2.03. The zero-order valence-corrected chi connectivity index (χ0v) is 7.13. The minimum Gasteiger partial charge on any atom is -0.300 e. The lowest BCUT2D eigenvalue weighted by molar-refractivity contribution is -0.116. The molecule has 0 aromatic carbocycles. The SMILES string of the molecule is C=C/C=C(\C=C/C)CC(C)=O. The molecule has 0 radical (unpaired) electrons. The average Bonchev–Trinajstić information content (AvgIpc) is 1.87. The van der Waals surface area contributed by atoms with Gasteiger partial charge in [-0.3, -0.25) is 4.79 Å². The van der Waals surface area contributed by atoms with Crippen molar-refractivity contribution >= 4 is 5.78 Å². The normalized spacial score (nSPS) is 12.0. The first kappa shape index (κ1) is 9.89. The van der Waals surface area contributed by atoms with Gasteiger partial charge in [0.25, 0.3) is 0 Å². The van der Waals surface area contributed by atoms with E-state index in [1.54, 1.807) is 13.0 Å². The highest BCUT2D eigenvalue weighted by molar-refractivity contribution is 5.78. The van der Waals surface area contributed by atoms with Gasteiger partial charge < -0.3 is 0 Å². The number of allylic oxidation sites excluding steroid dienone is 5. The molecular weight excluding hydrogens is 136 g/mol. The molecule has 0 rings (SSSR count). The largest absolute Gasteiger partial charge is 0.300 e. The highest BCUT2D eigenvalue weighted by atomic mass is 16.1. The molecule has 0 aromatic rings. The van der Waals surface area contributed by atoms with Crippen LogP contribution >= 0.6 is 0 Å². The maximum absolute atomic E-state index is 10.7. The fraction of sp³-hybridized carbons (Fsp3) is 0.300. The third kappa shape index (κ3) is 5.34. The summed E-state index contributed by atoms with van der Waals surface area (Å²) in [6.07, 6.45) is 7.87. The molecule has 0 heterocycles. The lowest BCUT2D eigenvalue weighted by Crippen LogP contribution is -1.90. The Morgan fingerprint density at radius 2 is 2.18 bits per heavy atom. The minimum absolute atomic E-state index is 0.177. The van der Waals surface area contributed by atoms with E-state index in [2.05, 4.69) is 6.58 Å². The van der Waals surface area contributed by atoms with Crippen molar-refractivity contribution in [2.75, 3.05) is 0 Å². The molecule has 0 spiro atoms. The molecule has 0 aliphatic rings. The van der Waals surface area contributed by atoms with Crippen LogP contribution in [0.5, 0.6) is 0 Å². The number of hydrogen-bond donors (Lipinski definition) is 0. The summed E-state index contributed by atoms with van der Waals surface area (Å²) in [4.78, 5) is 10.7. The Bertz CT molecular complexity index is 197. The molecule has 1 nitrogen and oxygen atoms in total. The standard InChI is InChI=1S/C10H14O/c1-4-6-10(7-5-2)8-9(3)11/h4-7H,1,8H2,2-3H3/b7-5-,10-6+. The molecule has 0 amide bonds. The van der Waals surface area contributed by atoms with E-state index in [-0.39, 0.29) is 5.78 Å². The molecule has 0 unspecified atom stereocenters. The van der Waals surface area contributed by atoms with Gasteiger partial charge in [0, 0.05) is 6.42 Å². The summed E-state index contributed by atoms with van der Waals surface area (Å²) in [5.41, 5.74) is 1.01. The number of hydrogen-bond acceptors (Lipinski definition) is 1. The first-order chi connectivity index (χ1) is 5.20. The summed E-state index contributed by atoms with van der Waals surface area (Å²) in [7, 11) is 0. The Hall–Kier alpha value is -1.11. The molecular formula is C10H14O. The second-order valence-electron chi connectivity index (χ2n) is 2.36. The number of rotatable bonds is 4. The van der Waals surface area contributed by atoms with E-state index < -0.39 is 0 Å². The van der Waals surface area contributed by atoms with Crippen molar-refractivity contribution in [3.05, 3.63) is 36.5 Å². The molecule has 60 valence electrons. The van der Waals surface area contributed by atoms with Crippen LogP contribution in [0.4, 0.5) is 0 Å². The fourth-order valence-electron chi connectivity index (χ4n) is 0.826. The van der Waals surface area contributed by atoms with Gasteiger partial charge in [-0.1, -0.05) is 30.9 Å². The predicted molar refractivity (Wildman–Crippen MR) is 48.4 cm³/mol. The van der Waals surface area contributed by atoms with Gasteiger partial charge in [-0.25, -0.2) is 0 Å². The van der Waals surface area contributed by atoms with Crippen LogP contribution in [0.3, 0.4) is 0 Å². The van der Waals surface area contributed by atoms with Crippen molar-refractivity contribution in [3.8, 4) is 0 Å². The summed E-state index contributed by atoms with van der Waals surface area (Å²) in [5.74, 6) is 0.177. The Kier molecular flexibility index (Phi) is 5.09. The Morgan fingerprint density at radius 1 is 1.55 bits per heavy atom. The lowest BCUT2D eigenvalue weighted by atomic mass is 10.1. The van der Waals surface area contributed by atoms with Gasteiger partial charge in [-0.15, -0.1) is 0 Å². The Morgan fingerprint density at radius 3 is 2.55 bits per heavy atom. The van der Waals surface area contributed by atoms with Crippen LogP contribution in [0.2, 0.25) is 0 Å². The topological polar surface area (TPSA) is 17.1 Å². The number of ketones is 1. The summed E-state index contributed by atoms with van der Waals surface area (Å²) in [6.45, 7) is 7.08. The Labute approximate surface area is 68.1 Å². The van der Waals surface area contributed by atoms with E-state index in [0.29, 0.717) is 6.42 Å². The van der Waals surface area contributed by atoms with Gasteiger partial charge in [-0.05, 0) is 19.4 Å². The van der Waals surface area contributed by atoms with Crippen LogP contribution < -0.4 is 0 Å². The van der Waals surface area contributed by atoms with Crippen molar-refractivity contribution in [3.63, 3.8) is 0 Å². The van der Waals surface area contributed by atoms with E-state index in [1.165, 1.54) is 0 Å². The molecule has 0 saturated carbocycles. The van der Waals surface area contributed by atoms with Crippen molar-refractivity contribution < 1.29 is 4.79 Å². The summed E-state index contributed by atoms with van der Waals surface area (Å²) in [5, 5.41) is 0. The van der Waals surface area contributed by atoms with Gasteiger partial charge in [0.15, 0.2) is 0 Å². The minimum atomic E-state index is 0.177. The summed E-state index contributed by atoms with van der Waals surface area (Å²) >= 11 is 0. The molecule has 1 heteroatoms. The zero-order chi connectivity index (χ0) is 8.69. The van der Waals surface area contributed by atoms with Crippen LogP contribution in [0.25, 0.3) is 0 Å². The average molecular weight is 150 g/mol. The van der Waals surface area contributed by atoms with Crippen molar-refractivity contribution in [1.82, 2.24) is 0 Å². The first-order valence-corrected chi connectivity index (χ1v) is 3.64. The molecule has 0 atom stereocenters. The van der Waals surface area contributed by atoms with Gasteiger partial charge in [-0.2, -0.15) is 0 Å². The molecule has 0 aliphatic heterocycles.